The Morgan fingerprint density at radius 1 is 1.07 bits per heavy atom. The highest BCUT2D eigenvalue weighted by atomic mass is 32.2. The summed E-state index contributed by atoms with van der Waals surface area (Å²) in [5.74, 6) is 0. The van der Waals surface area contributed by atoms with Gasteiger partial charge in [-0.15, -0.1) is 0 Å². The van der Waals surface area contributed by atoms with Crippen LogP contribution in [0, 0.1) is 6.92 Å². The highest BCUT2D eigenvalue weighted by molar-refractivity contribution is 7.86. The van der Waals surface area contributed by atoms with E-state index in [0.717, 1.165) is 11.1 Å². The van der Waals surface area contributed by atoms with Gasteiger partial charge in [0.1, 0.15) is 12.8 Å². The first-order valence-electron chi connectivity index (χ1n) is 9.38. The van der Waals surface area contributed by atoms with E-state index in [1.807, 2.05) is 37.3 Å². The lowest BCUT2D eigenvalue weighted by molar-refractivity contribution is -0.0256. The van der Waals surface area contributed by atoms with Crippen molar-refractivity contribution in [2.45, 2.75) is 43.5 Å². The predicted molar refractivity (Wildman–Crippen MR) is 107 cm³/mol. The fourth-order valence-corrected chi connectivity index (χ4v) is 4.19. The third kappa shape index (κ3) is 5.35. The number of aryl methyl sites for hydroxylation is 1. The third-order valence-electron chi connectivity index (χ3n) is 4.86. The van der Waals surface area contributed by atoms with Crippen molar-refractivity contribution in [2.24, 2.45) is 0 Å². The van der Waals surface area contributed by atoms with Crippen LogP contribution in [-0.2, 0) is 30.4 Å². The maximum atomic E-state index is 12.6. The van der Waals surface area contributed by atoms with Crippen LogP contribution in [0.25, 0.3) is 0 Å². The van der Waals surface area contributed by atoms with Gasteiger partial charge in [-0.05, 0) is 37.5 Å². The normalized spacial score (nSPS) is 19.3. The molecule has 0 radical (unpaired) electrons. The summed E-state index contributed by atoms with van der Waals surface area (Å²) in [6.07, 6.45) is 0.103. The molecule has 0 bridgehead atoms. The predicted octanol–water partition coefficient (Wildman–Crippen LogP) is 3.47. The van der Waals surface area contributed by atoms with Crippen molar-refractivity contribution in [1.29, 1.82) is 0 Å². The number of likely N-dealkylation sites (tertiary alicyclic amines) is 1. The molecule has 2 atom stereocenters. The minimum absolute atomic E-state index is 0.0857. The third-order valence-corrected chi connectivity index (χ3v) is 6.16. The topological polar surface area (TPSA) is 82.1 Å². The number of benzene rings is 2. The molecule has 0 aromatic heterocycles. The lowest BCUT2D eigenvalue weighted by atomic mass is 10.2. The number of carbonyl (C=O) groups excluding carboxylic acids is 1. The summed E-state index contributed by atoms with van der Waals surface area (Å²) < 4.78 is 40.9. The Morgan fingerprint density at radius 2 is 1.76 bits per heavy atom. The second-order valence-electron chi connectivity index (χ2n) is 6.92. The summed E-state index contributed by atoms with van der Waals surface area (Å²) in [5, 5.41) is 0. The van der Waals surface area contributed by atoms with E-state index in [2.05, 4.69) is 0 Å². The fraction of sp³-hybridized carbons (Fsp3) is 0.381. The van der Waals surface area contributed by atoms with Gasteiger partial charge in [0.25, 0.3) is 10.1 Å². The van der Waals surface area contributed by atoms with E-state index >= 15 is 0 Å². The molecule has 1 fully saturated rings. The molecule has 8 heteroatoms. The molecule has 0 N–H and O–H groups in total. The van der Waals surface area contributed by atoms with Gasteiger partial charge in [-0.2, -0.15) is 8.42 Å². The number of carbonyl (C=O) groups is 1. The van der Waals surface area contributed by atoms with Crippen molar-refractivity contribution in [3.8, 4) is 0 Å². The molecule has 0 spiro atoms. The Bertz CT molecular complexity index is 914. The van der Waals surface area contributed by atoms with Gasteiger partial charge in [0.15, 0.2) is 0 Å². The maximum absolute atomic E-state index is 12.6. The number of hydrogen-bond acceptors (Lipinski definition) is 6. The molecule has 0 aliphatic carbocycles. The SMILES string of the molecule is COC1CC[C@@H](COS(=O)(=O)c2ccc(C)cc2)N1C(=O)OCc1ccccc1. The number of ether oxygens (including phenoxy) is 2. The Kier molecular flexibility index (Phi) is 6.89. The number of methoxy groups -OCH3 is 1. The van der Waals surface area contributed by atoms with Gasteiger partial charge < -0.3 is 9.47 Å². The Hall–Kier alpha value is -2.42. The van der Waals surface area contributed by atoms with Gasteiger partial charge in [-0.1, -0.05) is 48.0 Å². The zero-order chi connectivity index (χ0) is 20.9. The quantitative estimate of drug-likeness (QED) is 0.639. The molecule has 1 aliphatic heterocycles. The van der Waals surface area contributed by atoms with Gasteiger partial charge in [0.05, 0.1) is 17.5 Å². The van der Waals surface area contributed by atoms with Gasteiger partial charge in [0, 0.05) is 7.11 Å². The van der Waals surface area contributed by atoms with E-state index < -0.39 is 28.5 Å². The van der Waals surface area contributed by atoms with Crippen LogP contribution in [0.5, 0.6) is 0 Å². The highest BCUT2D eigenvalue weighted by Gasteiger charge is 2.39. The van der Waals surface area contributed by atoms with Crippen LogP contribution < -0.4 is 0 Å². The summed E-state index contributed by atoms with van der Waals surface area (Å²) in [6, 6.07) is 15.3. The molecule has 2 aromatic rings. The highest BCUT2D eigenvalue weighted by Crippen LogP contribution is 2.27. The molecule has 156 valence electrons. The second-order valence-corrected chi connectivity index (χ2v) is 8.54. The van der Waals surface area contributed by atoms with Crippen LogP contribution in [-0.4, -0.2) is 45.4 Å². The number of amides is 1. The first-order valence-corrected chi connectivity index (χ1v) is 10.8. The van der Waals surface area contributed by atoms with Crippen molar-refractivity contribution in [2.75, 3.05) is 13.7 Å². The summed E-state index contributed by atoms with van der Waals surface area (Å²) in [5.41, 5.74) is 1.82. The number of rotatable bonds is 7. The molecule has 2 aromatic carbocycles. The molecule has 1 saturated heterocycles. The standard InChI is InChI=1S/C21H25NO6S/c1-16-8-11-19(12-9-16)29(24,25)28-15-18-10-13-20(26-2)22(18)21(23)27-14-17-6-4-3-5-7-17/h3-9,11-12,18,20H,10,13-15H2,1-2H3/t18-,20?/m0/s1. The first kappa shape index (κ1) is 21.3. The minimum atomic E-state index is -3.91. The summed E-state index contributed by atoms with van der Waals surface area (Å²) >= 11 is 0. The second kappa shape index (κ2) is 9.39. The molecule has 0 saturated carbocycles. The van der Waals surface area contributed by atoms with Crippen LogP contribution >= 0.6 is 0 Å². The largest absolute Gasteiger partial charge is 0.444 e. The van der Waals surface area contributed by atoms with E-state index in [1.54, 1.807) is 12.1 Å². The van der Waals surface area contributed by atoms with E-state index in [9.17, 15) is 13.2 Å². The van der Waals surface area contributed by atoms with Gasteiger partial charge in [-0.25, -0.2) is 4.79 Å². The molecule has 3 rings (SSSR count). The summed E-state index contributed by atoms with van der Waals surface area (Å²) in [6.45, 7) is 1.85. The van der Waals surface area contributed by atoms with E-state index in [4.69, 9.17) is 13.7 Å². The van der Waals surface area contributed by atoms with Gasteiger partial charge in [0.2, 0.25) is 0 Å². The van der Waals surface area contributed by atoms with Crippen LogP contribution in [0.1, 0.15) is 24.0 Å². The van der Waals surface area contributed by atoms with Crippen LogP contribution in [0.4, 0.5) is 4.79 Å². The first-order chi connectivity index (χ1) is 13.9. The zero-order valence-corrected chi connectivity index (χ0v) is 17.3. The average molecular weight is 419 g/mol. The maximum Gasteiger partial charge on any atom is 0.412 e. The Morgan fingerprint density at radius 3 is 2.41 bits per heavy atom. The van der Waals surface area contributed by atoms with Gasteiger partial charge in [-0.3, -0.25) is 9.08 Å². The number of nitrogens with zero attached hydrogens (tertiary/aromatic N) is 1. The molecule has 1 heterocycles. The molecular formula is C21H25NO6S. The average Bonchev–Trinajstić information content (AvgIpc) is 3.15. The molecule has 29 heavy (non-hydrogen) atoms. The fourth-order valence-electron chi connectivity index (χ4n) is 3.24. The van der Waals surface area contributed by atoms with E-state index in [0.29, 0.717) is 12.8 Å². The van der Waals surface area contributed by atoms with Crippen LogP contribution in [0.3, 0.4) is 0 Å². The van der Waals surface area contributed by atoms with Crippen LogP contribution in [0.15, 0.2) is 59.5 Å². The lowest BCUT2D eigenvalue weighted by Gasteiger charge is -2.28. The summed E-state index contributed by atoms with van der Waals surface area (Å²) in [4.78, 5) is 14.2. The Balaban J connectivity index is 1.64. The van der Waals surface area contributed by atoms with Crippen molar-refractivity contribution >= 4 is 16.2 Å². The van der Waals surface area contributed by atoms with Crippen molar-refractivity contribution < 1.29 is 26.9 Å². The Labute approximate surface area is 171 Å². The monoisotopic (exact) mass is 419 g/mol. The van der Waals surface area contributed by atoms with E-state index in [1.165, 1.54) is 24.1 Å². The zero-order valence-electron chi connectivity index (χ0n) is 16.5. The smallest absolute Gasteiger partial charge is 0.412 e. The van der Waals surface area contributed by atoms with E-state index in [-0.39, 0.29) is 18.1 Å². The lowest BCUT2D eigenvalue weighted by Crippen LogP contribution is -2.44. The number of hydrogen-bond donors (Lipinski definition) is 0. The molecule has 1 aliphatic rings. The van der Waals surface area contributed by atoms with Crippen molar-refractivity contribution in [1.82, 2.24) is 4.90 Å². The van der Waals surface area contributed by atoms with Crippen molar-refractivity contribution in [3.63, 3.8) is 0 Å². The molecule has 1 amide bonds. The molecule has 1 unspecified atom stereocenters. The van der Waals surface area contributed by atoms with Crippen LogP contribution in [0.2, 0.25) is 0 Å². The van der Waals surface area contributed by atoms with Gasteiger partial charge >= 0.3 is 6.09 Å². The molecular weight excluding hydrogens is 394 g/mol. The summed E-state index contributed by atoms with van der Waals surface area (Å²) in [7, 11) is -2.40. The molecule has 7 nitrogen and oxygen atoms in total. The van der Waals surface area contributed by atoms with Crippen molar-refractivity contribution in [3.05, 3.63) is 65.7 Å². The minimum Gasteiger partial charge on any atom is -0.444 e.